The average Bonchev–Trinajstić information content (AvgIpc) is 2.36. The zero-order chi connectivity index (χ0) is 16.7. The molecule has 1 saturated heterocycles. The van der Waals surface area contributed by atoms with E-state index in [4.69, 9.17) is 4.74 Å². The lowest BCUT2D eigenvalue weighted by Gasteiger charge is -2.54. The van der Waals surface area contributed by atoms with E-state index in [2.05, 4.69) is 39.9 Å². The third-order valence-corrected chi connectivity index (χ3v) is 5.72. The van der Waals surface area contributed by atoms with Crippen LogP contribution < -0.4 is 5.32 Å². The van der Waals surface area contributed by atoms with Crippen molar-refractivity contribution in [3.05, 3.63) is 0 Å². The van der Waals surface area contributed by atoms with Crippen molar-refractivity contribution in [1.29, 1.82) is 0 Å². The summed E-state index contributed by atoms with van der Waals surface area (Å²) in [5.41, 5.74) is -0.0299. The Morgan fingerprint density at radius 3 is 2.45 bits per heavy atom. The molecule has 0 aromatic rings. The summed E-state index contributed by atoms with van der Waals surface area (Å²) in [5.74, 6) is 1.39. The smallest absolute Gasteiger partial charge is 0.222 e. The molecule has 0 radical (unpaired) electrons. The lowest BCUT2D eigenvalue weighted by Crippen LogP contribution is -2.64. The molecule has 3 nitrogen and oxygen atoms in total. The van der Waals surface area contributed by atoms with E-state index >= 15 is 0 Å². The summed E-state index contributed by atoms with van der Waals surface area (Å²) in [6.07, 6.45) is 4.96. The molecule has 1 aliphatic heterocycles. The molecular formula is C19H35NO2. The van der Waals surface area contributed by atoms with E-state index in [0.29, 0.717) is 12.0 Å². The molecule has 0 unspecified atom stereocenters. The molecule has 2 aliphatic rings. The van der Waals surface area contributed by atoms with Crippen molar-refractivity contribution in [3.63, 3.8) is 0 Å². The highest BCUT2D eigenvalue weighted by Gasteiger charge is 2.51. The van der Waals surface area contributed by atoms with Crippen LogP contribution in [0.25, 0.3) is 0 Å². The van der Waals surface area contributed by atoms with Gasteiger partial charge < -0.3 is 10.1 Å². The SMILES string of the molecule is CC(C)C(=O)N[C@]1(C)C[C@H](C(C)(C)C)O[C@@H]2C[C@H](C)CC[C@H]21. The highest BCUT2D eigenvalue weighted by molar-refractivity contribution is 5.78. The Bertz CT molecular complexity index is 412. The van der Waals surface area contributed by atoms with Crippen molar-refractivity contribution in [3.8, 4) is 0 Å². The standard InChI is InChI=1S/C19H35NO2/c1-12(2)17(21)20-19(7)11-16(18(4,5)6)22-15-10-13(3)8-9-14(15)19/h12-16H,8-11H2,1-7H3,(H,20,21)/t13-,14-,15-,16-,19-/m1/s1. The third-order valence-electron chi connectivity index (χ3n) is 5.72. The first-order chi connectivity index (χ1) is 10.0. The number of rotatable bonds is 2. The molecule has 1 heterocycles. The Morgan fingerprint density at radius 2 is 1.91 bits per heavy atom. The normalized spacial score (nSPS) is 39.5. The monoisotopic (exact) mass is 309 g/mol. The second-order valence-electron chi connectivity index (χ2n) is 9.32. The first-order valence-electron chi connectivity index (χ1n) is 9.00. The van der Waals surface area contributed by atoms with E-state index in [1.165, 1.54) is 6.42 Å². The number of carbonyl (C=O) groups is 1. The highest BCUT2D eigenvalue weighted by atomic mass is 16.5. The summed E-state index contributed by atoms with van der Waals surface area (Å²) in [7, 11) is 0. The number of carbonyl (C=O) groups excluding carboxylic acids is 1. The fourth-order valence-corrected chi connectivity index (χ4v) is 4.08. The molecule has 128 valence electrons. The van der Waals surface area contributed by atoms with Gasteiger partial charge >= 0.3 is 0 Å². The molecule has 1 N–H and O–H groups in total. The summed E-state index contributed by atoms with van der Waals surface area (Å²) in [5, 5.41) is 3.39. The van der Waals surface area contributed by atoms with Crippen LogP contribution in [0, 0.1) is 23.2 Å². The number of fused-ring (bicyclic) bond motifs is 1. The van der Waals surface area contributed by atoms with E-state index in [1.54, 1.807) is 0 Å². The Morgan fingerprint density at radius 1 is 1.27 bits per heavy atom. The van der Waals surface area contributed by atoms with Crippen molar-refractivity contribution in [1.82, 2.24) is 5.32 Å². The van der Waals surface area contributed by atoms with Crippen LogP contribution in [0.4, 0.5) is 0 Å². The van der Waals surface area contributed by atoms with Gasteiger partial charge in [0.25, 0.3) is 0 Å². The summed E-state index contributed by atoms with van der Waals surface area (Å²) in [6.45, 7) is 15.3. The van der Waals surface area contributed by atoms with Crippen molar-refractivity contribution < 1.29 is 9.53 Å². The zero-order valence-corrected chi connectivity index (χ0v) is 15.5. The first-order valence-corrected chi connectivity index (χ1v) is 9.00. The van der Waals surface area contributed by atoms with Gasteiger partial charge in [0, 0.05) is 17.4 Å². The van der Waals surface area contributed by atoms with Crippen molar-refractivity contribution in [2.24, 2.45) is 23.2 Å². The molecule has 0 aromatic heterocycles. The van der Waals surface area contributed by atoms with E-state index < -0.39 is 0 Å². The average molecular weight is 309 g/mol. The number of hydrogen-bond donors (Lipinski definition) is 1. The van der Waals surface area contributed by atoms with Crippen LogP contribution in [0.3, 0.4) is 0 Å². The van der Waals surface area contributed by atoms with Gasteiger partial charge in [0.2, 0.25) is 5.91 Å². The molecule has 3 heteroatoms. The molecule has 2 rings (SSSR count). The van der Waals surface area contributed by atoms with Crippen LogP contribution in [0.15, 0.2) is 0 Å². The van der Waals surface area contributed by atoms with Crippen LogP contribution in [-0.4, -0.2) is 23.7 Å². The predicted molar refractivity (Wildman–Crippen MR) is 90.6 cm³/mol. The number of nitrogens with one attached hydrogen (secondary N) is 1. The fraction of sp³-hybridized carbons (Fsp3) is 0.947. The molecule has 0 spiro atoms. The summed E-state index contributed by atoms with van der Waals surface area (Å²) >= 11 is 0. The first kappa shape index (κ1) is 17.8. The number of ether oxygens (including phenoxy) is 1. The lowest BCUT2D eigenvalue weighted by molar-refractivity contribution is -0.177. The Labute approximate surface area is 136 Å². The molecular weight excluding hydrogens is 274 g/mol. The van der Waals surface area contributed by atoms with Crippen LogP contribution in [0.1, 0.15) is 74.1 Å². The fourth-order valence-electron chi connectivity index (χ4n) is 4.08. The highest BCUT2D eigenvalue weighted by Crippen LogP contribution is 2.47. The van der Waals surface area contributed by atoms with Crippen LogP contribution in [0.2, 0.25) is 0 Å². The molecule has 5 atom stereocenters. The second-order valence-corrected chi connectivity index (χ2v) is 9.32. The summed E-state index contributed by atoms with van der Waals surface area (Å²) < 4.78 is 6.51. The van der Waals surface area contributed by atoms with Gasteiger partial charge in [-0.2, -0.15) is 0 Å². The molecule has 22 heavy (non-hydrogen) atoms. The Balaban J connectivity index is 2.25. The van der Waals surface area contributed by atoms with Crippen LogP contribution in [0.5, 0.6) is 0 Å². The number of amides is 1. The van der Waals surface area contributed by atoms with Gasteiger partial charge in [0.1, 0.15) is 0 Å². The second kappa shape index (κ2) is 6.14. The molecule has 1 amide bonds. The maximum Gasteiger partial charge on any atom is 0.222 e. The minimum Gasteiger partial charge on any atom is -0.374 e. The van der Waals surface area contributed by atoms with Gasteiger partial charge in [-0.3, -0.25) is 4.79 Å². The Hall–Kier alpha value is -0.570. The van der Waals surface area contributed by atoms with Crippen molar-refractivity contribution >= 4 is 5.91 Å². The van der Waals surface area contributed by atoms with Gasteiger partial charge in [0.05, 0.1) is 12.2 Å². The van der Waals surface area contributed by atoms with Gasteiger partial charge in [0.15, 0.2) is 0 Å². The van der Waals surface area contributed by atoms with Gasteiger partial charge in [-0.15, -0.1) is 0 Å². The van der Waals surface area contributed by atoms with Crippen molar-refractivity contribution in [2.45, 2.75) is 91.9 Å². The maximum absolute atomic E-state index is 12.4. The van der Waals surface area contributed by atoms with E-state index in [1.807, 2.05) is 13.8 Å². The Kier molecular flexibility index (Phi) is 4.97. The summed E-state index contributed by atoms with van der Waals surface area (Å²) in [4.78, 5) is 12.4. The van der Waals surface area contributed by atoms with Crippen molar-refractivity contribution in [2.75, 3.05) is 0 Å². The van der Waals surface area contributed by atoms with Crippen LogP contribution >= 0.6 is 0 Å². The van der Waals surface area contributed by atoms with Crippen LogP contribution in [-0.2, 0) is 9.53 Å². The largest absolute Gasteiger partial charge is 0.374 e. The topological polar surface area (TPSA) is 38.3 Å². The lowest BCUT2D eigenvalue weighted by atomic mass is 9.64. The van der Waals surface area contributed by atoms with Gasteiger partial charge in [-0.1, -0.05) is 48.0 Å². The minimum absolute atomic E-state index is 0.0359. The quantitative estimate of drug-likeness (QED) is 0.832. The van der Waals surface area contributed by atoms with E-state index in [9.17, 15) is 4.79 Å². The molecule has 2 fully saturated rings. The molecule has 0 aromatic carbocycles. The minimum atomic E-state index is -0.137. The maximum atomic E-state index is 12.4. The number of hydrogen-bond acceptors (Lipinski definition) is 2. The van der Waals surface area contributed by atoms with E-state index in [-0.39, 0.29) is 28.9 Å². The predicted octanol–water partition coefficient (Wildman–Crippen LogP) is 4.16. The molecule has 0 bridgehead atoms. The summed E-state index contributed by atoms with van der Waals surface area (Å²) in [6, 6.07) is 0. The van der Waals surface area contributed by atoms with E-state index in [0.717, 1.165) is 25.2 Å². The van der Waals surface area contributed by atoms with Gasteiger partial charge in [-0.25, -0.2) is 0 Å². The zero-order valence-electron chi connectivity index (χ0n) is 15.5. The molecule has 1 aliphatic carbocycles. The molecule has 1 saturated carbocycles. The van der Waals surface area contributed by atoms with Gasteiger partial charge in [-0.05, 0) is 37.5 Å². The third kappa shape index (κ3) is 3.67.